The van der Waals surface area contributed by atoms with E-state index in [-0.39, 0.29) is 11.9 Å². The van der Waals surface area contributed by atoms with E-state index >= 15 is 0 Å². The van der Waals surface area contributed by atoms with E-state index in [1.807, 2.05) is 36.2 Å². The van der Waals surface area contributed by atoms with Crippen LogP contribution in [-0.2, 0) is 0 Å². The van der Waals surface area contributed by atoms with Gasteiger partial charge >= 0.3 is 0 Å². The third-order valence-corrected chi connectivity index (χ3v) is 4.05. The second-order valence-electron chi connectivity index (χ2n) is 4.51. The van der Waals surface area contributed by atoms with Crippen LogP contribution in [-0.4, -0.2) is 13.6 Å². The summed E-state index contributed by atoms with van der Waals surface area (Å²) in [7, 11) is 1.88. The van der Waals surface area contributed by atoms with Crippen LogP contribution in [0.4, 0.5) is 10.1 Å². The van der Waals surface area contributed by atoms with Crippen LogP contribution in [0.5, 0.6) is 0 Å². The van der Waals surface area contributed by atoms with Crippen LogP contribution in [0, 0.1) is 5.82 Å². The number of anilines is 1. The summed E-state index contributed by atoms with van der Waals surface area (Å²) in [5.41, 5.74) is 7.57. The number of rotatable bonds is 4. The van der Waals surface area contributed by atoms with E-state index < -0.39 is 0 Å². The Bertz CT molecular complexity index is 606. The van der Waals surface area contributed by atoms with E-state index in [4.69, 9.17) is 17.3 Å². The van der Waals surface area contributed by atoms with Crippen LogP contribution in [0.3, 0.4) is 0 Å². The lowest BCUT2D eigenvalue weighted by Crippen LogP contribution is -2.30. The highest BCUT2D eigenvalue weighted by Gasteiger charge is 2.19. The topological polar surface area (TPSA) is 29.3 Å². The van der Waals surface area contributed by atoms with E-state index in [9.17, 15) is 4.39 Å². The highest BCUT2D eigenvalue weighted by molar-refractivity contribution is 9.10. The summed E-state index contributed by atoms with van der Waals surface area (Å²) in [6, 6.07) is 12.0. The number of hydrogen-bond acceptors (Lipinski definition) is 2. The zero-order chi connectivity index (χ0) is 14.7. The van der Waals surface area contributed by atoms with Crippen LogP contribution in [0.1, 0.15) is 11.6 Å². The van der Waals surface area contributed by atoms with Crippen LogP contribution >= 0.6 is 27.5 Å². The molecule has 2 nitrogen and oxygen atoms in total. The van der Waals surface area contributed by atoms with Gasteiger partial charge in [-0.3, -0.25) is 0 Å². The summed E-state index contributed by atoms with van der Waals surface area (Å²) in [6.07, 6.45) is 0. The molecule has 0 aliphatic heterocycles. The van der Waals surface area contributed by atoms with Crippen molar-refractivity contribution in [3.63, 3.8) is 0 Å². The van der Waals surface area contributed by atoms with Crippen molar-refractivity contribution in [2.75, 3.05) is 18.5 Å². The van der Waals surface area contributed by atoms with Crippen molar-refractivity contribution in [2.24, 2.45) is 5.73 Å². The molecule has 0 fully saturated rings. The average molecular weight is 358 g/mol. The molecule has 0 saturated carbocycles. The van der Waals surface area contributed by atoms with E-state index in [0.717, 1.165) is 15.7 Å². The van der Waals surface area contributed by atoms with E-state index in [2.05, 4.69) is 15.9 Å². The Labute approximate surface area is 131 Å². The van der Waals surface area contributed by atoms with Crippen molar-refractivity contribution in [1.82, 2.24) is 0 Å². The van der Waals surface area contributed by atoms with Crippen molar-refractivity contribution in [2.45, 2.75) is 6.04 Å². The number of nitrogens with zero attached hydrogens (tertiary/aromatic N) is 1. The highest BCUT2D eigenvalue weighted by atomic mass is 79.9. The molecule has 0 aromatic heterocycles. The Hall–Kier alpha value is -1.10. The maximum absolute atomic E-state index is 13.3. The predicted octanol–water partition coefficient (Wildman–Crippen LogP) is 4.38. The van der Waals surface area contributed by atoms with E-state index in [1.165, 1.54) is 12.1 Å². The summed E-state index contributed by atoms with van der Waals surface area (Å²) in [6.45, 7) is 0.383. The fourth-order valence-corrected chi connectivity index (χ4v) is 2.94. The Morgan fingerprint density at radius 2 is 2.05 bits per heavy atom. The van der Waals surface area contributed by atoms with Gasteiger partial charge in [0.15, 0.2) is 0 Å². The molecule has 2 aromatic rings. The standard InChI is InChI=1S/C15H15BrClFN2/c1-20(12-4-2-3-11(18)8-12)15(9-19)13-6-5-10(16)7-14(13)17/h2-8,15H,9,19H2,1H3. The average Bonchev–Trinajstić information content (AvgIpc) is 2.41. The quantitative estimate of drug-likeness (QED) is 0.880. The molecule has 2 rings (SSSR count). The van der Waals surface area contributed by atoms with Gasteiger partial charge in [0.05, 0.1) is 6.04 Å². The van der Waals surface area contributed by atoms with Crippen molar-refractivity contribution in [1.29, 1.82) is 0 Å². The zero-order valence-corrected chi connectivity index (χ0v) is 13.3. The first-order valence-electron chi connectivity index (χ1n) is 6.16. The molecule has 1 unspecified atom stereocenters. The SMILES string of the molecule is CN(c1cccc(F)c1)C(CN)c1ccc(Br)cc1Cl. The van der Waals surface area contributed by atoms with Crippen molar-refractivity contribution in [3.8, 4) is 0 Å². The number of likely N-dealkylation sites (N-methyl/N-ethyl adjacent to an activating group) is 1. The third-order valence-electron chi connectivity index (χ3n) is 3.23. The lowest BCUT2D eigenvalue weighted by molar-refractivity contribution is 0.623. The smallest absolute Gasteiger partial charge is 0.125 e. The normalized spacial score (nSPS) is 12.2. The molecular weight excluding hydrogens is 343 g/mol. The summed E-state index contributed by atoms with van der Waals surface area (Å²) in [5, 5.41) is 0.637. The van der Waals surface area contributed by atoms with Gasteiger partial charge in [0.2, 0.25) is 0 Å². The molecule has 0 saturated heterocycles. The van der Waals surface area contributed by atoms with Gasteiger partial charge in [-0.25, -0.2) is 4.39 Å². The largest absolute Gasteiger partial charge is 0.366 e. The molecule has 0 aliphatic carbocycles. The zero-order valence-electron chi connectivity index (χ0n) is 11.0. The molecule has 5 heteroatoms. The van der Waals surface area contributed by atoms with Gasteiger partial charge in [0, 0.05) is 28.8 Å². The lowest BCUT2D eigenvalue weighted by Gasteiger charge is -2.30. The van der Waals surface area contributed by atoms with E-state index in [1.54, 1.807) is 6.07 Å². The fraction of sp³-hybridized carbons (Fsp3) is 0.200. The van der Waals surface area contributed by atoms with Gasteiger partial charge in [0.25, 0.3) is 0 Å². The molecule has 2 aromatic carbocycles. The van der Waals surface area contributed by atoms with Gasteiger partial charge in [-0.05, 0) is 35.9 Å². The maximum Gasteiger partial charge on any atom is 0.125 e. The minimum absolute atomic E-state index is 0.114. The fourth-order valence-electron chi connectivity index (χ4n) is 2.14. The van der Waals surface area contributed by atoms with Gasteiger partial charge in [-0.15, -0.1) is 0 Å². The van der Waals surface area contributed by atoms with E-state index in [0.29, 0.717) is 11.6 Å². The highest BCUT2D eigenvalue weighted by Crippen LogP contribution is 2.31. The number of halogens is 3. The molecule has 20 heavy (non-hydrogen) atoms. The minimum atomic E-state index is -0.271. The molecule has 0 heterocycles. The van der Waals surface area contributed by atoms with Gasteiger partial charge < -0.3 is 10.6 Å². The monoisotopic (exact) mass is 356 g/mol. The second kappa shape index (κ2) is 6.57. The first kappa shape index (κ1) is 15.3. The van der Waals surface area contributed by atoms with Crippen molar-refractivity contribution < 1.29 is 4.39 Å². The first-order valence-corrected chi connectivity index (χ1v) is 7.33. The number of benzene rings is 2. The molecule has 0 amide bonds. The molecule has 0 bridgehead atoms. The summed E-state index contributed by atoms with van der Waals surface area (Å²) in [5.74, 6) is -0.271. The van der Waals surface area contributed by atoms with Crippen LogP contribution < -0.4 is 10.6 Å². The third kappa shape index (κ3) is 3.32. The Kier molecular flexibility index (Phi) is 5.02. The number of nitrogens with two attached hydrogens (primary N) is 1. The Morgan fingerprint density at radius 1 is 1.30 bits per heavy atom. The number of hydrogen-bond donors (Lipinski definition) is 1. The van der Waals surface area contributed by atoms with Crippen LogP contribution in [0.2, 0.25) is 5.02 Å². The molecule has 1 atom stereocenters. The van der Waals surface area contributed by atoms with Gasteiger partial charge in [-0.2, -0.15) is 0 Å². The maximum atomic E-state index is 13.3. The predicted molar refractivity (Wildman–Crippen MR) is 85.8 cm³/mol. The Morgan fingerprint density at radius 3 is 2.65 bits per heavy atom. The molecule has 2 N–H and O–H groups in total. The van der Waals surface area contributed by atoms with Crippen molar-refractivity contribution >= 4 is 33.2 Å². The summed E-state index contributed by atoms with van der Waals surface area (Å²) >= 11 is 9.66. The van der Waals surface area contributed by atoms with Gasteiger partial charge in [-0.1, -0.05) is 39.7 Å². The molecule has 0 aliphatic rings. The summed E-state index contributed by atoms with van der Waals surface area (Å²) in [4.78, 5) is 1.93. The molecule has 106 valence electrons. The first-order chi connectivity index (χ1) is 9.52. The minimum Gasteiger partial charge on any atom is -0.366 e. The molecular formula is C15H15BrClFN2. The van der Waals surface area contributed by atoms with Gasteiger partial charge in [0.1, 0.15) is 5.82 Å². The van der Waals surface area contributed by atoms with Crippen LogP contribution in [0.15, 0.2) is 46.9 Å². The van der Waals surface area contributed by atoms with Crippen molar-refractivity contribution in [3.05, 3.63) is 63.3 Å². The molecule has 0 radical (unpaired) electrons. The molecule has 0 spiro atoms. The van der Waals surface area contributed by atoms with Crippen LogP contribution in [0.25, 0.3) is 0 Å². The Balaban J connectivity index is 2.36. The lowest BCUT2D eigenvalue weighted by atomic mass is 10.0. The second-order valence-corrected chi connectivity index (χ2v) is 5.83. The summed E-state index contributed by atoms with van der Waals surface area (Å²) < 4.78 is 14.3.